The molecule has 0 spiro atoms. The van der Waals surface area contributed by atoms with E-state index in [1.807, 2.05) is 0 Å². The van der Waals surface area contributed by atoms with E-state index in [2.05, 4.69) is 62.3 Å². The zero-order valence-electron chi connectivity index (χ0n) is 11.4. The summed E-state index contributed by atoms with van der Waals surface area (Å²) >= 11 is 1.77. The van der Waals surface area contributed by atoms with E-state index < -0.39 is 0 Å². The molecule has 18 heavy (non-hydrogen) atoms. The minimum atomic E-state index is 0.536. The van der Waals surface area contributed by atoms with E-state index in [-0.39, 0.29) is 0 Å². The van der Waals surface area contributed by atoms with Gasteiger partial charge in [0.25, 0.3) is 0 Å². The fraction of sp³-hybridized carbons (Fsp3) is 0.400. The molecule has 1 aromatic heterocycles. The Kier molecular flexibility index (Phi) is 4.02. The minimum Gasteiger partial charge on any atom is -0.378 e. The van der Waals surface area contributed by atoms with Crippen molar-refractivity contribution >= 4 is 17.0 Å². The maximum Gasteiger partial charge on any atom is 0.112 e. The van der Waals surface area contributed by atoms with E-state index in [0.717, 1.165) is 17.2 Å². The molecule has 0 aliphatic rings. The van der Waals surface area contributed by atoms with Gasteiger partial charge in [-0.15, -0.1) is 11.3 Å². The Labute approximate surface area is 113 Å². The number of rotatable bonds is 4. The molecule has 0 aliphatic heterocycles. The van der Waals surface area contributed by atoms with Crippen molar-refractivity contribution < 1.29 is 0 Å². The molecule has 0 atom stereocenters. The molecule has 0 saturated heterocycles. The maximum atomic E-state index is 4.56. The molecule has 1 aromatic carbocycles. The van der Waals surface area contributed by atoms with E-state index in [1.165, 1.54) is 16.1 Å². The molecule has 2 aromatic rings. The summed E-state index contributed by atoms with van der Waals surface area (Å²) in [7, 11) is 0. The molecule has 0 saturated carbocycles. The predicted molar refractivity (Wildman–Crippen MR) is 79.4 cm³/mol. The molecule has 0 fully saturated rings. The highest BCUT2D eigenvalue weighted by Gasteiger charge is 2.07. The second kappa shape index (κ2) is 5.53. The van der Waals surface area contributed by atoms with Gasteiger partial charge in [0.15, 0.2) is 0 Å². The van der Waals surface area contributed by atoms with E-state index >= 15 is 0 Å². The average molecular weight is 260 g/mol. The zero-order chi connectivity index (χ0) is 13.1. The van der Waals surface area contributed by atoms with E-state index in [9.17, 15) is 0 Å². The quantitative estimate of drug-likeness (QED) is 0.875. The molecular weight excluding hydrogens is 240 g/mol. The van der Waals surface area contributed by atoms with Crippen molar-refractivity contribution in [1.82, 2.24) is 4.98 Å². The van der Waals surface area contributed by atoms with Crippen LogP contribution in [0.5, 0.6) is 0 Å². The normalized spacial score (nSPS) is 10.9. The second-order valence-corrected chi connectivity index (χ2v) is 6.13. The fourth-order valence-corrected chi connectivity index (χ4v) is 2.82. The molecule has 1 heterocycles. The number of para-hydroxylation sites is 1. The highest BCUT2D eigenvalue weighted by atomic mass is 32.1. The Hall–Kier alpha value is -1.35. The van der Waals surface area contributed by atoms with Crippen molar-refractivity contribution in [2.75, 3.05) is 5.32 Å². The van der Waals surface area contributed by atoms with E-state index in [4.69, 9.17) is 0 Å². The Bertz CT molecular complexity index is 510. The van der Waals surface area contributed by atoms with Gasteiger partial charge in [-0.3, -0.25) is 0 Å². The van der Waals surface area contributed by atoms with Gasteiger partial charge in [-0.25, -0.2) is 4.98 Å². The van der Waals surface area contributed by atoms with Gasteiger partial charge in [0.05, 0.1) is 12.2 Å². The summed E-state index contributed by atoms with van der Waals surface area (Å²) in [6, 6.07) is 8.50. The third kappa shape index (κ3) is 2.91. The zero-order valence-corrected chi connectivity index (χ0v) is 12.3. The lowest BCUT2D eigenvalue weighted by Gasteiger charge is -2.13. The number of anilines is 1. The average Bonchev–Trinajstić information content (AvgIpc) is 2.66. The van der Waals surface area contributed by atoms with E-state index in [1.54, 1.807) is 11.3 Å². The second-order valence-electron chi connectivity index (χ2n) is 4.84. The molecule has 0 radical (unpaired) electrons. The molecule has 0 unspecified atom stereocenters. The van der Waals surface area contributed by atoms with Gasteiger partial charge in [-0.05, 0) is 31.4 Å². The van der Waals surface area contributed by atoms with Gasteiger partial charge < -0.3 is 5.32 Å². The number of hydrogen-bond donors (Lipinski definition) is 1. The molecule has 96 valence electrons. The number of thiazole rings is 1. The highest BCUT2D eigenvalue weighted by molar-refractivity contribution is 7.11. The van der Waals surface area contributed by atoms with Crippen LogP contribution in [-0.2, 0) is 6.54 Å². The number of aryl methyl sites for hydroxylation is 2. The molecule has 0 bridgehead atoms. The van der Waals surface area contributed by atoms with Gasteiger partial charge in [-0.2, -0.15) is 0 Å². The summed E-state index contributed by atoms with van der Waals surface area (Å²) in [6.07, 6.45) is 0. The van der Waals surface area contributed by atoms with Crippen LogP contribution in [0.1, 0.15) is 40.9 Å². The van der Waals surface area contributed by atoms with Crippen LogP contribution in [0, 0.1) is 13.8 Å². The number of aromatic nitrogens is 1. The van der Waals surface area contributed by atoms with Crippen LogP contribution >= 0.6 is 11.3 Å². The first-order chi connectivity index (χ1) is 8.58. The molecule has 2 rings (SSSR count). The summed E-state index contributed by atoms with van der Waals surface area (Å²) in [5, 5.41) is 4.66. The molecule has 3 heteroatoms. The first-order valence-corrected chi connectivity index (χ1v) is 7.15. The highest BCUT2D eigenvalue weighted by Crippen LogP contribution is 2.25. The van der Waals surface area contributed by atoms with Gasteiger partial charge in [0.1, 0.15) is 5.01 Å². The molecule has 2 nitrogen and oxygen atoms in total. The number of hydrogen-bond acceptors (Lipinski definition) is 3. The third-order valence-corrected chi connectivity index (χ3v) is 4.16. The summed E-state index contributed by atoms with van der Waals surface area (Å²) in [6.45, 7) is 9.44. The van der Waals surface area contributed by atoms with Gasteiger partial charge in [0, 0.05) is 10.6 Å². The topological polar surface area (TPSA) is 24.9 Å². The van der Waals surface area contributed by atoms with Crippen molar-refractivity contribution in [3.05, 3.63) is 45.4 Å². The number of nitrogens with zero attached hydrogens (tertiary/aromatic N) is 1. The Morgan fingerprint density at radius 1 is 1.22 bits per heavy atom. The van der Waals surface area contributed by atoms with Crippen molar-refractivity contribution in [2.45, 2.75) is 40.2 Å². The van der Waals surface area contributed by atoms with Crippen molar-refractivity contribution in [3.63, 3.8) is 0 Å². The van der Waals surface area contributed by atoms with Crippen molar-refractivity contribution in [3.8, 4) is 0 Å². The maximum absolute atomic E-state index is 4.56. The standard InChI is InChI=1S/C15H20N2S/c1-10(2)13-7-5-6-8-14(13)16-9-15-17-11(3)12(4)18-15/h5-8,10,16H,9H2,1-4H3. The molecule has 0 aliphatic carbocycles. The molecular formula is C15H20N2S. The van der Waals surface area contributed by atoms with Crippen LogP contribution in [0.3, 0.4) is 0 Å². The summed E-state index contributed by atoms with van der Waals surface area (Å²) in [5.74, 6) is 0.536. The van der Waals surface area contributed by atoms with Gasteiger partial charge in [-0.1, -0.05) is 32.0 Å². The van der Waals surface area contributed by atoms with Crippen LogP contribution in [0.2, 0.25) is 0 Å². The van der Waals surface area contributed by atoms with Gasteiger partial charge in [0.2, 0.25) is 0 Å². The SMILES string of the molecule is Cc1nc(CNc2ccccc2C(C)C)sc1C. The van der Waals surface area contributed by atoms with Crippen molar-refractivity contribution in [2.24, 2.45) is 0 Å². The first-order valence-electron chi connectivity index (χ1n) is 6.33. The monoisotopic (exact) mass is 260 g/mol. The van der Waals surface area contributed by atoms with Crippen LogP contribution in [0.4, 0.5) is 5.69 Å². The third-order valence-electron chi connectivity index (χ3n) is 3.09. The molecule has 0 amide bonds. The lowest BCUT2D eigenvalue weighted by atomic mass is 10.0. The largest absolute Gasteiger partial charge is 0.378 e. The summed E-state index contributed by atoms with van der Waals surface area (Å²) in [5.41, 5.74) is 3.73. The number of nitrogens with one attached hydrogen (secondary N) is 1. The van der Waals surface area contributed by atoms with Gasteiger partial charge >= 0.3 is 0 Å². The van der Waals surface area contributed by atoms with Crippen molar-refractivity contribution in [1.29, 1.82) is 0 Å². The van der Waals surface area contributed by atoms with Crippen LogP contribution in [0.15, 0.2) is 24.3 Å². The summed E-state index contributed by atoms with van der Waals surface area (Å²) < 4.78 is 0. The van der Waals surface area contributed by atoms with Crippen LogP contribution < -0.4 is 5.32 Å². The van der Waals surface area contributed by atoms with Crippen LogP contribution in [-0.4, -0.2) is 4.98 Å². The Balaban J connectivity index is 2.10. The van der Waals surface area contributed by atoms with E-state index in [0.29, 0.717) is 5.92 Å². The van der Waals surface area contributed by atoms with Crippen LogP contribution in [0.25, 0.3) is 0 Å². The first kappa shape index (κ1) is 13.1. The Morgan fingerprint density at radius 2 is 1.94 bits per heavy atom. The molecule has 1 N–H and O–H groups in total. The summed E-state index contributed by atoms with van der Waals surface area (Å²) in [4.78, 5) is 5.87. The number of benzene rings is 1. The fourth-order valence-electron chi connectivity index (χ4n) is 1.95. The Morgan fingerprint density at radius 3 is 2.56 bits per heavy atom. The smallest absolute Gasteiger partial charge is 0.112 e. The predicted octanol–water partition coefficient (Wildman–Crippen LogP) is 4.50. The lowest BCUT2D eigenvalue weighted by molar-refractivity contribution is 0.865. The lowest BCUT2D eigenvalue weighted by Crippen LogP contribution is -2.03. The minimum absolute atomic E-state index is 0.536.